The summed E-state index contributed by atoms with van der Waals surface area (Å²) >= 11 is 3.10. The minimum atomic E-state index is -3.81. The SMILES string of the molecule is CCOP(=O)(O)OS. The largest absolute Gasteiger partial charge is 0.483 e. The van der Waals surface area contributed by atoms with Gasteiger partial charge in [0.2, 0.25) is 0 Å². The zero-order chi connectivity index (χ0) is 6.62. The number of phosphoric acid groups is 1. The Morgan fingerprint density at radius 2 is 2.38 bits per heavy atom. The van der Waals surface area contributed by atoms with Crippen molar-refractivity contribution in [2.75, 3.05) is 6.61 Å². The highest BCUT2D eigenvalue weighted by atomic mass is 32.1. The molecule has 0 rings (SSSR count). The van der Waals surface area contributed by atoms with Crippen molar-refractivity contribution in [2.24, 2.45) is 0 Å². The standard InChI is InChI=1S/C2H7O4PS/c1-2-5-7(3,4)6-8/h8H,2H2,1H3,(H,3,4). The highest BCUT2D eigenvalue weighted by Gasteiger charge is 2.16. The highest BCUT2D eigenvalue weighted by molar-refractivity contribution is 7.80. The van der Waals surface area contributed by atoms with Crippen LogP contribution in [0.2, 0.25) is 0 Å². The number of phosphoric ester groups is 1. The van der Waals surface area contributed by atoms with Gasteiger partial charge in [-0.25, -0.2) is 8.54 Å². The van der Waals surface area contributed by atoms with Crippen LogP contribution in [-0.2, 0) is 13.1 Å². The topological polar surface area (TPSA) is 55.8 Å². The molecule has 0 aromatic carbocycles. The van der Waals surface area contributed by atoms with Crippen LogP contribution in [0.4, 0.5) is 0 Å². The van der Waals surface area contributed by atoms with Gasteiger partial charge >= 0.3 is 7.82 Å². The fraction of sp³-hybridized carbons (Fsp3) is 1.00. The summed E-state index contributed by atoms with van der Waals surface area (Å²) in [5.41, 5.74) is 0. The van der Waals surface area contributed by atoms with E-state index in [1.165, 1.54) is 0 Å². The van der Waals surface area contributed by atoms with Crippen molar-refractivity contribution in [3.63, 3.8) is 0 Å². The lowest BCUT2D eigenvalue weighted by atomic mass is 10.9. The molecule has 0 saturated carbocycles. The summed E-state index contributed by atoms with van der Waals surface area (Å²) in [7, 11) is -3.81. The van der Waals surface area contributed by atoms with Crippen LogP contribution in [0.25, 0.3) is 0 Å². The summed E-state index contributed by atoms with van der Waals surface area (Å²) in [6.45, 7) is 1.71. The minimum absolute atomic E-state index is 0.133. The van der Waals surface area contributed by atoms with Crippen molar-refractivity contribution >= 4 is 20.7 Å². The monoisotopic (exact) mass is 158 g/mol. The third-order valence-corrected chi connectivity index (χ3v) is 1.81. The van der Waals surface area contributed by atoms with E-state index >= 15 is 0 Å². The van der Waals surface area contributed by atoms with Gasteiger partial charge in [0, 0.05) is 0 Å². The second-order valence-electron chi connectivity index (χ2n) is 0.968. The summed E-state index contributed by atoms with van der Waals surface area (Å²) in [6.07, 6.45) is 0. The molecule has 0 aliphatic heterocycles. The van der Waals surface area contributed by atoms with Gasteiger partial charge in [0.15, 0.2) is 0 Å². The molecule has 0 aliphatic rings. The molecule has 4 nitrogen and oxygen atoms in total. The van der Waals surface area contributed by atoms with E-state index in [2.05, 4.69) is 21.4 Å². The van der Waals surface area contributed by atoms with Crippen LogP contribution in [0.1, 0.15) is 6.92 Å². The van der Waals surface area contributed by atoms with Crippen molar-refractivity contribution in [1.82, 2.24) is 0 Å². The molecule has 6 heteroatoms. The van der Waals surface area contributed by atoms with E-state index in [0.717, 1.165) is 0 Å². The smallest absolute Gasteiger partial charge is 0.302 e. The maximum atomic E-state index is 10.2. The van der Waals surface area contributed by atoms with E-state index in [0.29, 0.717) is 0 Å². The quantitative estimate of drug-likeness (QED) is 0.365. The predicted molar refractivity (Wildman–Crippen MR) is 31.5 cm³/mol. The summed E-state index contributed by atoms with van der Waals surface area (Å²) in [4.78, 5) is 8.36. The van der Waals surface area contributed by atoms with Gasteiger partial charge in [-0.2, -0.15) is 0 Å². The molecule has 8 heavy (non-hydrogen) atoms. The predicted octanol–water partition coefficient (Wildman–Crippen LogP) is 0.985. The molecule has 0 spiro atoms. The highest BCUT2D eigenvalue weighted by Crippen LogP contribution is 2.43. The zero-order valence-electron chi connectivity index (χ0n) is 4.27. The third-order valence-electron chi connectivity index (χ3n) is 0.395. The Morgan fingerprint density at radius 3 is 2.50 bits per heavy atom. The number of hydrogen-bond acceptors (Lipinski definition) is 4. The summed E-state index contributed by atoms with van der Waals surface area (Å²) in [6, 6.07) is 0. The van der Waals surface area contributed by atoms with Crippen LogP contribution in [0.15, 0.2) is 0 Å². The van der Waals surface area contributed by atoms with Crippen molar-refractivity contribution in [1.29, 1.82) is 0 Å². The molecule has 0 bridgehead atoms. The summed E-state index contributed by atoms with van der Waals surface area (Å²) < 4.78 is 18.2. The lowest BCUT2D eigenvalue weighted by Crippen LogP contribution is -1.86. The van der Waals surface area contributed by atoms with E-state index in [4.69, 9.17) is 4.89 Å². The average molecular weight is 158 g/mol. The molecule has 50 valence electrons. The van der Waals surface area contributed by atoms with Crippen LogP contribution in [0.5, 0.6) is 0 Å². The van der Waals surface area contributed by atoms with E-state index in [1.54, 1.807) is 6.92 Å². The molecule has 0 aliphatic carbocycles. The van der Waals surface area contributed by atoms with E-state index in [-0.39, 0.29) is 6.61 Å². The van der Waals surface area contributed by atoms with Crippen LogP contribution in [0, 0.1) is 0 Å². The molecule has 1 atom stereocenters. The van der Waals surface area contributed by atoms with Crippen molar-refractivity contribution in [2.45, 2.75) is 6.92 Å². The Labute approximate surface area is 53.0 Å². The van der Waals surface area contributed by atoms with Crippen LogP contribution in [0.3, 0.4) is 0 Å². The molecule has 0 amide bonds. The Kier molecular flexibility index (Phi) is 3.68. The van der Waals surface area contributed by atoms with E-state index in [1.807, 2.05) is 0 Å². The van der Waals surface area contributed by atoms with Gasteiger partial charge in [-0.15, -0.1) is 0 Å². The Hall–Kier alpha value is 0.460. The zero-order valence-corrected chi connectivity index (χ0v) is 6.06. The van der Waals surface area contributed by atoms with Crippen LogP contribution < -0.4 is 0 Å². The van der Waals surface area contributed by atoms with E-state index in [9.17, 15) is 4.57 Å². The van der Waals surface area contributed by atoms with E-state index < -0.39 is 7.82 Å². The van der Waals surface area contributed by atoms with Crippen LogP contribution >= 0.6 is 20.7 Å². The van der Waals surface area contributed by atoms with Gasteiger partial charge in [0.1, 0.15) is 0 Å². The first kappa shape index (κ1) is 8.46. The van der Waals surface area contributed by atoms with Crippen molar-refractivity contribution in [3.05, 3.63) is 0 Å². The summed E-state index contributed by atoms with van der Waals surface area (Å²) in [5.74, 6) is 0. The Balaban J connectivity index is 3.55. The second-order valence-corrected chi connectivity index (χ2v) is 2.82. The molecule has 0 aromatic rings. The number of rotatable bonds is 3. The van der Waals surface area contributed by atoms with Gasteiger partial charge in [0.05, 0.1) is 6.61 Å². The second kappa shape index (κ2) is 3.48. The Bertz CT molecular complexity index is 104. The van der Waals surface area contributed by atoms with Gasteiger partial charge in [-0.05, 0) is 19.8 Å². The molecular weight excluding hydrogens is 151 g/mol. The number of thiol groups is 1. The molecule has 0 radical (unpaired) electrons. The van der Waals surface area contributed by atoms with Gasteiger partial charge < -0.3 is 4.89 Å². The van der Waals surface area contributed by atoms with Gasteiger partial charge in [-0.3, -0.25) is 4.52 Å². The maximum absolute atomic E-state index is 10.2. The molecule has 1 unspecified atom stereocenters. The molecule has 1 N–H and O–H groups in total. The fourth-order valence-electron chi connectivity index (χ4n) is 0.187. The normalized spacial score (nSPS) is 17.9. The van der Waals surface area contributed by atoms with Gasteiger partial charge in [-0.1, -0.05) is 0 Å². The lowest BCUT2D eigenvalue weighted by Gasteiger charge is -2.03. The molecular formula is C2H7O4PS. The van der Waals surface area contributed by atoms with Gasteiger partial charge in [0.25, 0.3) is 0 Å². The number of hydrogen-bond donors (Lipinski definition) is 2. The Morgan fingerprint density at radius 1 is 1.88 bits per heavy atom. The van der Waals surface area contributed by atoms with Crippen molar-refractivity contribution in [3.8, 4) is 0 Å². The first-order valence-electron chi connectivity index (χ1n) is 1.93. The first-order valence-corrected chi connectivity index (χ1v) is 3.79. The van der Waals surface area contributed by atoms with Crippen molar-refractivity contribution < 1.29 is 18.0 Å². The fourth-order valence-corrected chi connectivity index (χ4v) is 0.702. The first-order chi connectivity index (χ1) is 3.62. The lowest BCUT2D eigenvalue weighted by molar-refractivity contribution is 0.223. The average Bonchev–Trinajstić information content (AvgIpc) is 1.67. The summed E-state index contributed by atoms with van der Waals surface area (Å²) in [5, 5.41) is 0. The molecule has 0 heterocycles. The minimum Gasteiger partial charge on any atom is -0.302 e. The molecule has 0 saturated heterocycles. The molecule has 0 aromatic heterocycles. The maximum Gasteiger partial charge on any atom is 0.483 e. The third kappa shape index (κ3) is 3.46. The van der Waals surface area contributed by atoms with Crippen LogP contribution in [-0.4, -0.2) is 11.5 Å². The molecule has 0 fully saturated rings.